The fraction of sp³-hybridized carbons (Fsp3) is 0.0357. The van der Waals surface area contributed by atoms with E-state index in [1.54, 1.807) is 35.4 Å². The molecule has 180 valence electrons. The van der Waals surface area contributed by atoms with Crippen molar-refractivity contribution >= 4 is 28.7 Å². The fourth-order valence-electron chi connectivity index (χ4n) is 3.79. The molecule has 2 aromatic heterocycles. The number of hydrogen-bond acceptors (Lipinski definition) is 7. The minimum absolute atomic E-state index is 0.0134. The van der Waals surface area contributed by atoms with Crippen molar-refractivity contribution in [2.75, 3.05) is 7.11 Å². The number of nitro benzene ring substituents is 1. The van der Waals surface area contributed by atoms with E-state index in [0.717, 1.165) is 22.6 Å². The molecule has 5 aromatic rings. The molecule has 0 bridgehead atoms. The van der Waals surface area contributed by atoms with E-state index in [0.29, 0.717) is 27.5 Å². The molecular formula is C28H19N5O3S. The van der Waals surface area contributed by atoms with Crippen LogP contribution in [0.2, 0.25) is 0 Å². The molecule has 0 fully saturated rings. The van der Waals surface area contributed by atoms with Crippen LogP contribution in [0, 0.1) is 21.4 Å². The number of nitrogens with zero attached hydrogens (tertiary/aromatic N) is 5. The molecule has 5 rings (SSSR count). The SMILES string of the molecule is COc1ccc(-c2nn(-c3ccccc3)cc2/C=C(\C#N)c2nc(-c3cccc([N+](=O)[O-])c3)cs2)cc1. The molecule has 8 nitrogen and oxygen atoms in total. The number of nitro groups is 1. The Morgan fingerprint density at radius 1 is 1.08 bits per heavy atom. The van der Waals surface area contributed by atoms with E-state index in [2.05, 4.69) is 11.1 Å². The van der Waals surface area contributed by atoms with Gasteiger partial charge in [0.1, 0.15) is 16.8 Å². The lowest BCUT2D eigenvalue weighted by molar-refractivity contribution is -0.384. The summed E-state index contributed by atoms with van der Waals surface area (Å²) in [5.41, 5.74) is 4.75. The summed E-state index contributed by atoms with van der Waals surface area (Å²) < 4.78 is 7.06. The summed E-state index contributed by atoms with van der Waals surface area (Å²) in [6.45, 7) is 0. The van der Waals surface area contributed by atoms with Gasteiger partial charge in [-0.3, -0.25) is 10.1 Å². The highest BCUT2D eigenvalue weighted by Gasteiger charge is 2.16. The standard InChI is InChI=1S/C28H19N5O3S/c1-36-25-12-10-19(11-13-25)27-22(17-32(31-27)23-7-3-2-4-8-23)14-21(16-29)28-30-26(18-37-28)20-6-5-9-24(15-20)33(34)35/h2-15,17-18H,1H3/b21-14+. The van der Waals surface area contributed by atoms with Crippen LogP contribution in [0.3, 0.4) is 0 Å². The summed E-state index contributed by atoms with van der Waals surface area (Å²) >= 11 is 1.30. The lowest BCUT2D eigenvalue weighted by atomic mass is 10.1. The van der Waals surface area contributed by atoms with Crippen LogP contribution >= 0.6 is 11.3 Å². The van der Waals surface area contributed by atoms with Crippen molar-refractivity contribution in [2.24, 2.45) is 0 Å². The van der Waals surface area contributed by atoms with Crippen LogP contribution in [0.15, 0.2) is 90.4 Å². The lowest BCUT2D eigenvalue weighted by Gasteiger charge is -2.03. The third-order valence-electron chi connectivity index (χ3n) is 5.63. The van der Waals surface area contributed by atoms with E-state index < -0.39 is 4.92 Å². The zero-order valence-corrected chi connectivity index (χ0v) is 20.4. The van der Waals surface area contributed by atoms with Gasteiger partial charge in [0.2, 0.25) is 0 Å². The number of methoxy groups -OCH3 is 1. The Balaban J connectivity index is 1.57. The van der Waals surface area contributed by atoms with Crippen LogP contribution in [0.4, 0.5) is 5.69 Å². The van der Waals surface area contributed by atoms with Crippen LogP contribution in [0.5, 0.6) is 5.75 Å². The van der Waals surface area contributed by atoms with Gasteiger partial charge in [0, 0.05) is 40.4 Å². The van der Waals surface area contributed by atoms with E-state index in [1.165, 1.54) is 23.5 Å². The molecule has 2 heterocycles. The Morgan fingerprint density at radius 2 is 1.86 bits per heavy atom. The molecule has 0 aliphatic carbocycles. The number of para-hydroxylation sites is 1. The molecule has 0 N–H and O–H groups in total. The molecule has 3 aromatic carbocycles. The van der Waals surface area contributed by atoms with Crippen LogP contribution in [-0.4, -0.2) is 26.8 Å². The Hall–Kier alpha value is -5.07. The summed E-state index contributed by atoms with van der Waals surface area (Å²) in [4.78, 5) is 15.3. The highest BCUT2D eigenvalue weighted by molar-refractivity contribution is 7.11. The first kappa shape index (κ1) is 23.7. The van der Waals surface area contributed by atoms with Gasteiger partial charge in [0.25, 0.3) is 5.69 Å². The Kier molecular flexibility index (Phi) is 6.57. The molecule has 0 radical (unpaired) electrons. The Morgan fingerprint density at radius 3 is 2.57 bits per heavy atom. The maximum Gasteiger partial charge on any atom is 0.270 e. The van der Waals surface area contributed by atoms with Crippen molar-refractivity contribution < 1.29 is 9.66 Å². The molecule has 0 aliphatic rings. The maximum absolute atomic E-state index is 11.2. The fourth-order valence-corrected chi connectivity index (χ4v) is 4.58. The predicted molar refractivity (Wildman–Crippen MR) is 143 cm³/mol. The van der Waals surface area contributed by atoms with E-state index in [1.807, 2.05) is 60.8 Å². The van der Waals surface area contributed by atoms with Crippen LogP contribution in [0.25, 0.3) is 39.9 Å². The minimum atomic E-state index is -0.442. The summed E-state index contributed by atoms with van der Waals surface area (Å²) in [5.74, 6) is 0.734. The van der Waals surface area contributed by atoms with Gasteiger partial charge in [-0.05, 0) is 42.5 Å². The van der Waals surface area contributed by atoms with Crippen molar-refractivity contribution in [3.63, 3.8) is 0 Å². The van der Waals surface area contributed by atoms with Crippen LogP contribution < -0.4 is 4.74 Å². The van der Waals surface area contributed by atoms with Gasteiger partial charge in [-0.15, -0.1) is 11.3 Å². The van der Waals surface area contributed by atoms with Gasteiger partial charge in [-0.2, -0.15) is 10.4 Å². The van der Waals surface area contributed by atoms with Crippen LogP contribution in [-0.2, 0) is 0 Å². The van der Waals surface area contributed by atoms with Crippen molar-refractivity contribution in [3.8, 4) is 40.0 Å². The first-order valence-corrected chi connectivity index (χ1v) is 12.1. The first-order chi connectivity index (χ1) is 18.1. The number of ether oxygens (including phenoxy) is 1. The van der Waals surface area contributed by atoms with Gasteiger partial charge in [0.15, 0.2) is 0 Å². The van der Waals surface area contributed by atoms with E-state index in [-0.39, 0.29) is 5.69 Å². The van der Waals surface area contributed by atoms with E-state index >= 15 is 0 Å². The molecule has 37 heavy (non-hydrogen) atoms. The minimum Gasteiger partial charge on any atom is -0.497 e. The number of allylic oxidation sites excluding steroid dienone is 1. The monoisotopic (exact) mass is 505 g/mol. The van der Waals surface area contributed by atoms with Gasteiger partial charge in [0.05, 0.1) is 34.7 Å². The molecule has 0 saturated carbocycles. The molecule has 0 aliphatic heterocycles. The van der Waals surface area contributed by atoms with Crippen LogP contribution in [0.1, 0.15) is 10.6 Å². The number of aromatic nitrogens is 3. The second-order valence-electron chi connectivity index (χ2n) is 7.96. The average molecular weight is 506 g/mol. The Bertz CT molecular complexity index is 1650. The molecule has 0 spiro atoms. The van der Waals surface area contributed by atoms with Gasteiger partial charge >= 0.3 is 0 Å². The second kappa shape index (κ2) is 10.3. The molecule has 0 saturated heterocycles. The second-order valence-corrected chi connectivity index (χ2v) is 8.81. The van der Waals surface area contributed by atoms with Crippen molar-refractivity contribution in [3.05, 3.63) is 111 Å². The molecular weight excluding hydrogens is 486 g/mol. The van der Waals surface area contributed by atoms with Crippen molar-refractivity contribution in [1.29, 1.82) is 5.26 Å². The maximum atomic E-state index is 11.2. The zero-order valence-electron chi connectivity index (χ0n) is 19.6. The van der Waals surface area contributed by atoms with E-state index in [9.17, 15) is 15.4 Å². The Labute approximate surface area is 216 Å². The average Bonchev–Trinajstić information content (AvgIpc) is 3.60. The van der Waals surface area contributed by atoms with Crippen molar-refractivity contribution in [2.45, 2.75) is 0 Å². The largest absolute Gasteiger partial charge is 0.497 e. The molecule has 9 heteroatoms. The smallest absolute Gasteiger partial charge is 0.270 e. The number of rotatable bonds is 7. The quantitative estimate of drug-likeness (QED) is 0.139. The van der Waals surface area contributed by atoms with Gasteiger partial charge in [-0.1, -0.05) is 30.3 Å². The summed E-state index contributed by atoms with van der Waals surface area (Å²) in [6.07, 6.45) is 3.64. The molecule has 0 unspecified atom stereocenters. The van der Waals surface area contributed by atoms with Gasteiger partial charge in [-0.25, -0.2) is 9.67 Å². The highest BCUT2D eigenvalue weighted by Crippen LogP contribution is 2.32. The normalized spacial score (nSPS) is 11.2. The third kappa shape index (κ3) is 5.00. The lowest BCUT2D eigenvalue weighted by Crippen LogP contribution is -1.94. The first-order valence-electron chi connectivity index (χ1n) is 11.2. The summed E-state index contributed by atoms with van der Waals surface area (Å²) in [5, 5.41) is 28.3. The number of thiazole rings is 1. The van der Waals surface area contributed by atoms with Crippen molar-refractivity contribution in [1.82, 2.24) is 14.8 Å². The number of non-ortho nitro benzene ring substituents is 1. The summed E-state index contributed by atoms with van der Waals surface area (Å²) in [7, 11) is 1.61. The highest BCUT2D eigenvalue weighted by atomic mass is 32.1. The molecule has 0 atom stereocenters. The zero-order chi connectivity index (χ0) is 25.8. The number of benzene rings is 3. The summed E-state index contributed by atoms with van der Waals surface area (Å²) in [6, 6.07) is 25.8. The van der Waals surface area contributed by atoms with Gasteiger partial charge < -0.3 is 4.74 Å². The number of hydrogen-bond donors (Lipinski definition) is 0. The van der Waals surface area contributed by atoms with E-state index in [4.69, 9.17) is 9.84 Å². The third-order valence-corrected chi connectivity index (χ3v) is 6.51. The number of nitriles is 1. The predicted octanol–water partition coefficient (Wildman–Crippen LogP) is 6.64. The molecule has 0 amide bonds. The topological polar surface area (TPSA) is 107 Å².